The third-order valence-corrected chi connectivity index (χ3v) is 4.14. The predicted molar refractivity (Wildman–Crippen MR) is 68.0 cm³/mol. The highest BCUT2D eigenvalue weighted by molar-refractivity contribution is 7.81. The topological polar surface area (TPSA) is 52.6 Å². The van der Waals surface area contributed by atoms with Gasteiger partial charge in [0, 0.05) is 11.8 Å². The lowest BCUT2D eigenvalue weighted by molar-refractivity contribution is -0.126. The van der Waals surface area contributed by atoms with E-state index in [1.54, 1.807) is 11.0 Å². The third kappa shape index (κ3) is 1.41. The van der Waals surface area contributed by atoms with Gasteiger partial charge in [-0.3, -0.25) is 4.79 Å². The van der Waals surface area contributed by atoms with Crippen LogP contribution in [0.5, 0.6) is 5.75 Å². The zero-order chi connectivity index (χ0) is 12.9. The van der Waals surface area contributed by atoms with Crippen LogP contribution in [0.25, 0.3) is 0 Å². The average molecular weight is 268 g/mol. The quantitative estimate of drug-likeness (QED) is 0.678. The molecule has 1 heterocycles. The molecule has 1 aliphatic heterocycles. The third-order valence-electron chi connectivity index (χ3n) is 3.78. The number of thiol groups is 1. The first-order valence-electron chi connectivity index (χ1n) is 5.81. The number of hydrogen-bond acceptors (Lipinski definition) is 4. The number of hydrogen-bond donors (Lipinski definition) is 3. The summed E-state index contributed by atoms with van der Waals surface area (Å²) in [6, 6.07) is 4.13. The first-order chi connectivity index (χ1) is 8.54. The van der Waals surface area contributed by atoms with Gasteiger partial charge in [-0.2, -0.15) is 0 Å². The van der Waals surface area contributed by atoms with E-state index in [1.807, 2.05) is 0 Å². The fourth-order valence-corrected chi connectivity index (χ4v) is 3.14. The van der Waals surface area contributed by atoms with Crippen LogP contribution in [-0.2, 0) is 4.79 Å². The Labute approximate surface area is 109 Å². The van der Waals surface area contributed by atoms with Crippen LogP contribution in [0.15, 0.2) is 18.2 Å². The Morgan fingerprint density at radius 1 is 1.50 bits per heavy atom. The number of aromatic hydroxyl groups is 1. The molecule has 1 amide bonds. The molecular formula is C12H13FN2O2S. The van der Waals surface area contributed by atoms with Gasteiger partial charge in [0.1, 0.15) is 11.0 Å². The fourth-order valence-electron chi connectivity index (χ4n) is 2.67. The lowest BCUT2D eigenvalue weighted by atomic mass is 9.75. The number of amides is 1. The molecule has 2 aliphatic rings. The molecule has 1 aromatic rings. The number of carbonyl (C=O) groups is 1. The van der Waals surface area contributed by atoms with E-state index in [0.717, 1.165) is 19.3 Å². The molecule has 1 unspecified atom stereocenters. The summed E-state index contributed by atoms with van der Waals surface area (Å²) in [6.45, 7) is 0. The van der Waals surface area contributed by atoms with E-state index in [1.165, 1.54) is 12.1 Å². The molecule has 18 heavy (non-hydrogen) atoms. The number of phenols is 1. The van der Waals surface area contributed by atoms with Crippen molar-refractivity contribution in [3.05, 3.63) is 24.0 Å². The Hall–Kier alpha value is -1.43. The molecule has 2 N–H and O–H groups in total. The van der Waals surface area contributed by atoms with E-state index in [-0.39, 0.29) is 5.91 Å². The Morgan fingerprint density at radius 3 is 2.78 bits per heavy atom. The zero-order valence-corrected chi connectivity index (χ0v) is 10.5. The van der Waals surface area contributed by atoms with E-state index in [0.29, 0.717) is 5.69 Å². The molecule has 1 atom stereocenters. The number of benzene rings is 1. The fraction of sp³-hybridized carbons (Fsp3) is 0.417. The van der Waals surface area contributed by atoms with E-state index in [4.69, 9.17) is 0 Å². The van der Waals surface area contributed by atoms with E-state index in [2.05, 4.69) is 17.9 Å². The molecule has 2 fully saturated rings. The maximum Gasteiger partial charge on any atom is 0.248 e. The van der Waals surface area contributed by atoms with Crippen molar-refractivity contribution in [3.63, 3.8) is 0 Å². The largest absolute Gasteiger partial charge is 0.505 e. The number of nitrogens with one attached hydrogen (secondary N) is 1. The lowest BCUT2D eigenvalue weighted by Gasteiger charge is -2.44. The van der Waals surface area contributed by atoms with Gasteiger partial charge in [0.15, 0.2) is 11.6 Å². The van der Waals surface area contributed by atoms with Gasteiger partial charge < -0.3 is 15.3 Å². The summed E-state index contributed by atoms with van der Waals surface area (Å²) >= 11 is 4.33. The van der Waals surface area contributed by atoms with Crippen LogP contribution in [0.4, 0.5) is 10.1 Å². The lowest BCUT2D eigenvalue weighted by Crippen LogP contribution is -2.55. The van der Waals surface area contributed by atoms with Gasteiger partial charge >= 0.3 is 0 Å². The van der Waals surface area contributed by atoms with Crippen molar-refractivity contribution < 1.29 is 14.3 Å². The monoisotopic (exact) mass is 268 g/mol. The minimum Gasteiger partial charge on any atom is -0.505 e. The molecule has 1 aliphatic carbocycles. The highest BCUT2D eigenvalue weighted by Gasteiger charge is 2.56. The summed E-state index contributed by atoms with van der Waals surface area (Å²) in [4.78, 5) is 13.8. The average Bonchev–Trinajstić information content (AvgIpc) is 2.53. The van der Waals surface area contributed by atoms with Crippen LogP contribution in [-0.4, -0.2) is 22.1 Å². The molecule has 96 valence electrons. The number of anilines is 1. The van der Waals surface area contributed by atoms with Crippen LogP contribution < -0.4 is 10.2 Å². The second-order valence-corrected chi connectivity index (χ2v) is 5.23. The molecule has 0 aromatic heterocycles. The summed E-state index contributed by atoms with van der Waals surface area (Å²) in [6.07, 6.45) is 2.47. The second-order valence-electron chi connectivity index (χ2n) is 4.74. The normalized spacial score (nSPS) is 25.1. The molecule has 1 saturated heterocycles. The van der Waals surface area contributed by atoms with Gasteiger partial charge in [-0.05, 0) is 31.4 Å². The van der Waals surface area contributed by atoms with E-state index < -0.39 is 22.6 Å². The predicted octanol–water partition coefficient (Wildman–Crippen LogP) is 1.60. The van der Waals surface area contributed by atoms with Crippen molar-refractivity contribution in [2.75, 3.05) is 4.90 Å². The Bertz CT molecular complexity index is 519. The van der Waals surface area contributed by atoms with Crippen molar-refractivity contribution in [1.82, 2.24) is 5.32 Å². The van der Waals surface area contributed by atoms with Crippen LogP contribution in [0.3, 0.4) is 0 Å². The van der Waals surface area contributed by atoms with Gasteiger partial charge in [-0.15, -0.1) is 12.6 Å². The van der Waals surface area contributed by atoms with Crippen molar-refractivity contribution in [1.29, 1.82) is 0 Å². The molecule has 6 heteroatoms. The maximum atomic E-state index is 13.4. The SMILES string of the molecule is O=C1NC(S)N(c2ccc(O)c(F)c2)C12CCC2. The van der Waals surface area contributed by atoms with Crippen LogP contribution >= 0.6 is 12.6 Å². The highest BCUT2D eigenvalue weighted by atomic mass is 32.1. The number of rotatable bonds is 1. The molecule has 0 radical (unpaired) electrons. The van der Waals surface area contributed by atoms with Crippen LogP contribution in [0.1, 0.15) is 19.3 Å². The second kappa shape index (κ2) is 3.78. The standard InChI is InChI=1S/C12H13FN2O2S/c13-8-6-7(2-3-9(8)16)15-11(18)14-10(17)12(15)4-1-5-12/h2-3,6,11,16,18H,1,4-5H2,(H,14,17). The van der Waals surface area contributed by atoms with Crippen molar-refractivity contribution in [3.8, 4) is 5.75 Å². The smallest absolute Gasteiger partial charge is 0.248 e. The Kier molecular flexibility index (Phi) is 2.45. The molecule has 0 bridgehead atoms. The van der Waals surface area contributed by atoms with E-state index >= 15 is 0 Å². The van der Waals surface area contributed by atoms with Gasteiger partial charge in [-0.25, -0.2) is 4.39 Å². The molecule has 3 rings (SSSR count). The molecule has 1 aromatic carbocycles. The Balaban J connectivity index is 2.03. The van der Waals surface area contributed by atoms with Crippen LogP contribution in [0.2, 0.25) is 0 Å². The minimum atomic E-state index is -0.693. The molecular weight excluding hydrogens is 255 g/mol. The minimum absolute atomic E-state index is 0.0535. The Morgan fingerprint density at radius 2 is 2.22 bits per heavy atom. The molecule has 1 spiro atoms. The summed E-state index contributed by atoms with van der Waals surface area (Å²) in [7, 11) is 0. The maximum absolute atomic E-state index is 13.4. The zero-order valence-electron chi connectivity index (χ0n) is 9.56. The number of nitrogens with zero attached hydrogens (tertiary/aromatic N) is 1. The van der Waals surface area contributed by atoms with Gasteiger partial charge in [-0.1, -0.05) is 0 Å². The summed E-state index contributed by atoms with van der Waals surface area (Å²) in [5.41, 5.74) is -0.486. The van der Waals surface area contributed by atoms with Crippen molar-refractivity contribution in [2.45, 2.75) is 30.3 Å². The highest BCUT2D eigenvalue weighted by Crippen LogP contribution is 2.45. The molecule has 1 saturated carbocycles. The first kappa shape index (κ1) is 11.6. The van der Waals surface area contributed by atoms with Crippen molar-refractivity contribution >= 4 is 24.2 Å². The number of carbonyl (C=O) groups excluding carboxylic acids is 1. The summed E-state index contributed by atoms with van der Waals surface area (Å²) < 4.78 is 13.4. The first-order valence-corrected chi connectivity index (χ1v) is 6.33. The van der Waals surface area contributed by atoms with Gasteiger partial charge in [0.05, 0.1) is 0 Å². The summed E-state index contributed by atoms with van der Waals surface area (Å²) in [5, 5.41) is 12.0. The van der Waals surface area contributed by atoms with Crippen molar-refractivity contribution in [2.24, 2.45) is 0 Å². The van der Waals surface area contributed by atoms with Crippen LogP contribution in [0, 0.1) is 5.82 Å². The van der Waals surface area contributed by atoms with E-state index in [9.17, 15) is 14.3 Å². The van der Waals surface area contributed by atoms with Gasteiger partial charge in [0.25, 0.3) is 0 Å². The number of halogens is 1. The molecule has 4 nitrogen and oxygen atoms in total. The van der Waals surface area contributed by atoms with Gasteiger partial charge in [0.2, 0.25) is 5.91 Å². The summed E-state index contributed by atoms with van der Waals surface area (Å²) in [5.74, 6) is -1.14. The number of phenolic OH excluding ortho intramolecular Hbond substituents is 1.